The number of carbonyl (C=O) groups is 2. The van der Waals surface area contributed by atoms with Gasteiger partial charge in [0.1, 0.15) is 0 Å². The molecule has 0 bridgehead atoms. The fraction of sp³-hybridized carbons (Fsp3) is 0.818. The van der Waals surface area contributed by atoms with Crippen LogP contribution in [0, 0.1) is 0 Å². The summed E-state index contributed by atoms with van der Waals surface area (Å²) in [5, 5.41) is 5.74. The fourth-order valence-electron chi connectivity index (χ4n) is 1.81. The van der Waals surface area contributed by atoms with Crippen LogP contribution in [0.1, 0.15) is 19.8 Å². The summed E-state index contributed by atoms with van der Waals surface area (Å²) in [6, 6.07) is 0.304. The number of hydrogen-bond acceptors (Lipinski definition) is 4. The Labute approximate surface area is 102 Å². The third-order valence-corrected chi connectivity index (χ3v) is 2.85. The average Bonchev–Trinajstić information content (AvgIpc) is 2.36. The van der Waals surface area contributed by atoms with Crippen LogP contribution in [0.2, 0.25) is 0 Å². The van der Waals surface area contributed by atoms with Gasteiger partial charge >= 0.3 is 6.09 Å². The fourth-order valence-corrected chi connectivity index (χ4v) is 1.81. The molecule has 0 aromatic rings. The molecule has 0 atom stereocenters. The number of piperidine rings is 1. The van der Waals surface area contributed by atoms with E-state index in [0.717, 1.165) is 12.8 Å². The molecule has 6 nitrogen and oxygen atoms in total. The van der Waals surface area contributed by atoms with Crippen molar-refractivity contribution < 1.29 is 14.3 Å². The van der Waals surface area contributed by atoms with E-state index in [4.69, 9.17) is 4.74 Å². The first-order valence-corrected chi connectivity index (χ1v) is 6.03. The van der Waals surface area contributed by atoms with Crippen molar-refractivity contribution >= 4 is 12.0 Å². The van der Waals surface area contributed by atoms with Crippen molar-refractivity contribution in [3.8, 4) is 0 Å². The van der Waals surface area contributed by atoms with Gasteiger partial charge in [-0.2, -0.15) is 0 Å². The quantitative estimate of drug-likeness (QED) is 0.726. The number of hydrogen-bond donors (Lipinski definition) is 2. The van der Waals surface area contributed by atoms with Gasteiger partial charge < -0.3 is 20.3 Å². The zero-order valence-electron chi connectivity index (χ0n) is 10.5. The Morgan fingerprint density at radius 1 is 1.35 bits per heavy atom. The van der Waals surface area contributed by atoms with Crippen LogP contribution in [0.25, 0.3) is 0 Å². The van der Waals surface area contributed by atoms with E-state index in [1.807, 2.05) is 0 Å². The maximum atomic E-state index is 11.4. The predicted molar refractivity (Wildman–Crippen MR) is 63.7 cm³/mol. The topological polar surface area (TPSA) is 70.7 Å². The predicted octanol–water partition coefficient (Wildman–Crippen LogP) is -0.0571. The van der Waals surface area contributed by atoms with Gasteiger partial charge in [0, 0.05) is 26.2 Å². The minimum atomic E-state index is -0.239. The molecule has 1 aliphatic rings. The van der Waals surface area contributed by atoms with E-state index >= 15 is 0 Å². The van der Waals surface area contributed by atoms with E-state index in [9.17, 15) is 9.59 Å². The lowest BCUT2D eigenvalue weighted by Gasteiger charge is -2.31. The monoisotopic (exact) mass is 243 g/mol. The molecule has 0 aromatic carbocycles. The molecule has 0 radical (unpaired) electrons. The second-order valence-electron chi connectivity index (χ2n) is 4.01. The van der Waals surface area contributed by atoms with E-state index in [0.29, 0.717) is 32.3 Å². The van der Waals surface area contributed by atoms with Crippen LogP contribution >= 0.6 is 0 Å². The molecule has 6 heteroatoms. The lowest BCUT2D eigenvalue weighted by Crippen LogP contribution is -2.47. The van der Waals surface area contributed by atoms with E-state index in [1.165, 1.54) is 0 Å². The number of nitrogens with one attached hydrogen (secondary N) is 2. The van der Waals surface area contributed by atoms with Crippen molar-refractivity contribution in [1.82, 2.24) is 15.5 Å². The van der Waals surface area contributed by atoms with Crippen LogP contribution in [0.3, 0.4) is 0 Å². The number of rotatable bonds is 4. The highest BCUT2D eigenvalue weighted by Crippen LogP contribution is 2.11. The van der Waals surface area contributed by atoms with Crippen LogP contribution in [0.4, 0.5) is 4.79 Å². The summed E-state index contributed by atoms with van der Waals surface area (Å²) in [5.41, 5.74) is 0. The highest BCUT2D eigenvalue weighted by molar-refractivity contribution is 5.77. The van der Waals surface area contributed by atoms with E-state index in [1.54, 1.807) is 18.9 Å². The first-order valence-electron chi connectivity index (χ1n) is 6.03. The molecule has 0 aliphatic carbocycles. The molecule has 2 amide bonds. The Balaban J connectivity index is 2.21. The molecule has 1 rings (SSSR count). The maximum absolute atomic E-state index is 11.4. The highest BCUT2D eigenvalue weighted by Gasteiger charge is 2.23. The smallest absolute Gasteiger partial charge is 0.409 e. The first kappa shape index (κ1) is 13.8. The van der Waals surface area contributed by atoms with E-state index < -0.39 is 0 Å². The molecule has 1 heterocycles. The standard InChI is InChI=1S/C11H21N3O3/c1-3-17-11(16)14-6-4-9(5-7-14)13-8-10(15)12-2/h9,13H,3-8H2,1-2H3,(H,12,15). The number of likely N-dealkylation sites (N-methyl/N-ethyl adjacent to an activating group) is 1. The summed E-state index contributed by atoms with van der Waals surface area (Å²) in [6.07, 6.45) is 1.48. The Morgan fingerprint density at radius 3 is 2.53 bits per heavy atom. The van der Waals surface area contributed by atoms with Crippen molar-refractivity contribution in [3.63, 3.8) is 0 Å². The number of nitrogens with zero attached hydrogens (tertiary/aromatic N) is 1. The van der Waals surface area contributed by atoms with Gasteiger partial charge in [0.25, 0.3) is 0 Å². The second-order valence-corrected chi connectivity index (χ2v) is 4.01. The number of ether oxygens (including phenoxy) is 1. The minimum absolute atomic E-state index is 0.0159. The molecule has 0 spiro atoms. The zero-order chi connectivity index (χ0) is 12.7. The largest absolute Gasteiger partial charge is 0.450 e. The lowest BCUT2D eigenvalue weighted by molar-refractivity contribution is -0.119. The summed E-state index contributed by atoms with van der Waals surface area (Å²) in [6.45, 7) is 3.91. The van der Waals surface area contributed by atoms with Crippen LogP contribution < -0.4 is 10.6 Å². The van der Waals surface area contributed by atoms with Gasteiger partial charge in [-0.15, -0.1) is 0 Å². The number of carbonyl (C=O) groups excluding carboxylic acids is 2. The first-order chi connectivity index (χ1) is 8.17. The van der Waals surface area contributed by atoms with Gasteiger partial charge in [-0.1, -0.05) is 0 Å². The van der Waals surface area contributed by atoms with Gasteiger partial charge in [0.2, 0.25) is 5.91 Å². The molecule has 2 N–H and O–H groups in total. The van der Waals surface area contributed by atoms with Crippen molar-refractivity contribution in [2.45, 2.75) is 25.8 Å². The third kappa shape index (κ3) is 4.60. The highest BCUT2D eigenvalue weighted by atomic mass is 16.6. The van der Waals surface area contributed by atoms with Gasteiger partial charge in [0.15, 0.2) is 0 Å². The van der Waals surface area contributed by atoms with Crippen LogP contribution in [0.5, 0.6) is 0 Å². The van der Waals surface area contributed by atoms with Crippen molar-refractivity contribution in [1.29, 1.82) is 0 Å². The molecule has 1 saturated heterocycles. The summed E-state index contributed by atoms with van der Waals surface area (Å²) >= 11 is 0. The number of amides is 2. The Bertz CT molecular complexity index is 263. The summed E-state index contributed by atoms with van der Waals surface area (Å²) in [5.74, 6) is -0.0159. The lowest BCUT2D eigenvalue weighted by atomic mass is 10.1. The van der Waals surface area contributed by atoms with Gasteiger partial charge in [-0.3, -0.25) is 4.79 Å². The molecule has 0 aromatic heterocycles. The SMILES string of the molecule is CCOC(=O)N1CCC(NCC(=O)NC)CC1. The molecule has 1 fully saturated rings. The molecular weight excluding hydrogens is 222 g/mol. The van der Waals surface area contributed by atoms with Crippen molar-refractivity contribution in [2.75, 3.05) is 33.3 Å². The van der Waals surface area contributed by atoms with Crippen LogP contribution in [-0.2, 0) is 9.53 Å². The van der Waals surface area contributed by atoms with Crippen LogP contribution in [-0.4, -0.2) is 56.2 Å². The van der Waals surface area contributed by atoms with E-state index in [-0.39, 0.29) is 12.0 Å². The Morgan fingerprint density at radius 2 is 2.00 bits per heavy atom. The molecule has 1 aliphatic heterocycles. The summed E-state index contributed by atoms with van der Waals surface area (Å²) < 4.78 is 4.93. The van der Waals surface area contributed by atoms with Crippen LogP contribution in [0.15, 0.2) is 0 Å². The summed E-state index contributed by atoms with van der Waals surface area (Å²) in [7, 11) is 1.62. The molecule has 0 saturated carbocycles. The molecule has 98 valence electrons. The van der Waals surface area contributed by atoms with E-state index in [2.05, 4.69) is 10.6 Å². The van der Waals surface area contributed by atoms with Gasteiger partial charge in [-0.05, 0) is 19.8 Å². The average molecular weight is 243 g/mol. The molecule has 0 unspecified atom stereocenters. The normalized spacial score (nSPS) is 16.7. The minimum Gasteiger partial charge on any atom is -0.450 e. The Hall–Kier alpha value is -1.30. The molecule has 17 heavy (non-hydrogen) atoms. The number of likely N-dealkylation sites (tertiary alicyclic amines) is 1. The van der Waals surface area contributed by atoms with Gasteiger partial charge in [-0.25, -0.2) is 4.79 Å². The maximum Gasteiger partial charge on any atom is 0.409 e. The van der Waals surface area contributed by atoms with Crippen molar-refractivity contribution in [3.05, 3.63) is 0 Å². The Kier molecular flexibility index (Phi) is 5.76. The third-order valence-electron chi connectivity index (χ3n) is 2.85. The van der Waals surface area contributed by atoms with Gasteiger partial charge in [0.05, 0.1) is 13.2 Å². The molecular formula is C11H21N3O3. The van der Waals surface area contributed by atoms with Crippen molar-refractivity contribution in [2.24, 2.45) is 0 Å². The second kappa shape index (κ2) is 7.11. The zero-order valence-corrected chi connectivity index (χ0v) is 10.5. The summed E-state index contributed by atoms with van der Waals surface area (Å²) in [4.78, 5) is 24.2.